The average molecular weight is 235 g/mol. The van der Waals surface area contributed by atoms with E-state index in [0.29, 0.717) is 11.0 Å². The minimum Gasteiger partial charge on any atom is -0.375 e. The van der Waals surface area contributed by atoms with E-state index in [4.69, 9.17) is 10.3 Å². The highest BCUT2D eigenvalue weighted by Gasteiger charge is 2.05. The first-order valence-corrected chi connectivity index (χ1v) is 5.89. The summed E-state index contributed by atoms with van der Waals surface area (Å²) >= 11 is 1.42. The van der Waals surface area contributed by atoms with Gasteiger partial charge in [0.2, 0.25) is 0 Å². The Morgan fingerprint density at radius 1 is 1.38 bits per heavy atom. The maximum Gasteiger partial charge on any atom is 0.180 e. The molecule has 0 radical (unpaired) electrons. The van der Waals surface area contributed by atoms with E-state index in [1.165, 1.54) is 11.3 Å². The number of aromatic nitrogens is 2. The second kappa shape index (κ2) is 4.49. The van der Waals surface area contributed by atoms with Crippen molar-refractivity contribution in [2.45, 2.75) is 19.8 Å². The van der Waals surface area contributed by atoms with Crippen LogP contribution in [0.5, 0.6) is 0 Å². The van der Waals surface area contributed by atoms with Gasteiger partial charge in [0.15, 0.2) is 5.13 Å². The molecule has 0 atom stereocenters. The highest BCUT2D eigenvalue weighted by atomic mass is 32.1. The van der Waals surface area contributed by atoms with Crippen molar-refractivity contribution in [2.75, 3.05) is 5.73 Å². The Balaban J connectivity index is 2.11. The topological polar surface area (TPSA) is 64.9 Å². The van der Waals surface area contributed by atoms with Gasteiger partial charge in [-0.3, -0.25) is 0 Å². The Hall–Kier alpha value is -1.62. The van der Waals surface area contributed by atoms with Gasteiger partial charge in [0.05, 0.1) is 5.69 Å². The number of thiazole rings is 1. The highest BCUT2D eigenvalue weighted by Crippen LogP contribution is 2.17. The van der Waals surface area contributed by atoms with Crippen LogP contribution >= 0.6 is 11.3 Å². The van der Waals surface area contributed by atoms with Crippen LogP contribution in [0.3, 0.4) is 0 Å². The minimum absolute atomic E-state index is 0.351. The molecule has 0 saturated carbocycles. The van der Waals surface area contributed by atoms with Gasteiger partial charge in [0.25, 0.3) is 0 Å². The molecule has 0 unspecified atom stereocenters. The molecular weight excluding hydrogens is 222 g/mol. The van der Waals surface area contributed by atoms with Gasteiger partial charge >= 0.3 is 0 Å². The molecule has 0 saturated heterocycles. The molecule has 2 aromatic rings. The van der Waals surface area contributed by atoms with Crippen LogP contribution in [-0.2, 0) is 0 Å². The fourth-order valence-electron chi connectivity index (χ4n) is 1.20. The Bertz CT molecular complexity index is 499. The fourth-order valence-corrected chi connectivity index (χ4v) is 1.73. The third kappa shape index (κ3) is 2.49. The van der Waals surface area contributed by atoms with Gasteiger partial charge < -0.3 is 10.3 Å². The molecule has 0 aliphatic heterocycles. The SMILES string of the molecule is CC(C)c1cc(/C=C/c2csc(N)n2)no1. The van der Waals surface area contributed by atoms with Crippen molar-refractivity contribution >= 4 is 28.6 Å². The molecule has 2 heterocycles. The third-order valence-corrected chi connectivity index (χ3v) is 2.77. The molecule has 2 N–H and O–H groups in total. The zero-order valence-corrected chi connectivity index (χ0v) is 9.99. The van der Waals surface area contributed by atoms with Crippen LogP contribution in [0.25, 0.3) is 12.2 Å². The van der Waals surface area contributed by atoms with E-state index < -0.39 is 0 Å². The first-order valence-electron chi connectivity index (χ1n) is 5.01. The van der Waals surface area contributed by atoms with Crippen LogP contribution in [0.15, 0.2) is 16.0 Å². The standard InChI is InChI=1S/C11H13N3OS/c1-7(2)10-5-8(14-15-10)3-4-9-6-16-11(12)13-9/h3-7H,1-2H3,(H2,12,13)/b4-3+. The number of hydrogen-bond donors (Lipinski definition) is 1. The molecular formula is C11H13N3OS. The molecule has 0 aliphatic carbocycles. The zero-order chi connectivity index (χ0) is 11.5. The summed E-state index contributed by atoms with van der Waals surface area (Å²) in [5.41, 5.74) is 7.18. The maximum absolute atomic E-state index is 5.53. The van der Waals surface area contributed by atoms with Crippen molar-refractivity contribution < 1.29 is 4.52 Å². The van der Waals surface area contributed by atoms with Crippen molar-refractivity contribution in [3.05, 3.63) is 28.6 Å². The van der Waals surface area contributed by atoms with Crippen molar-refractivity contribution in [2.24, 2.45) is 0 Å². The van der Waals surface area contributed by atoms with Crippen molar-refractivity contribution in [1.82, 2.24) is 10.1 Å². The number of nitrogens with zero attached hydrogens (tertiary/aromatic N) is 2. The summed E-state index contributed by atoms with van der Waals surface area (Å²) in [6, 6.07) is 1.93. The van der Waals surface area contributed by atoms with E-state index in [1.54, 1.807) is 0 Å². The summed E-state index contributed by atoms with van der Waals surface area (Å²) < 4.78 is 5.18. The number of nitrogens with two attached hydrogens (primary N) is 1. The fraction of sp³-hybridized carbons (Fsp3) is 0.273. The lowest BCUT2D eigenvalue weighted by Crippen LogP contribution is -1.81. The first kappa shape index (κ1) is 10.9. The molecule has 0 aliphatic rings. The Kier molecular flexibility index (Phi) is 3.05. The molecule has 0 bridgehead atoms. The maximum atomic E-state index is 5.53. The van der Waals surface area contributed by atoms with Gasteiger partial charge in [-0.05, 0) is 12.2 Å². The van der Waals surface area contributed by atoms with E-state index >= 15 is 0 Å². The lowest BCUT2D eigenvalue weighted by atomic mass is 10.1. The quantitative estimate of drug-likeness (QED) is 0.888. The Morgan fingerprint density at radius 2 is 2.12 bits per heavy atom. The number of hydrogen-bond acceptors (Lipinski definition) is 5. The van der Waals surface area contributed by atoms with Crippen LogP contribution in [-0.4, -0.2) is 10.1 Å². The summed E-state index contributed by atoms with van der Waals surface area (Å²) in [6.07, 6.45) is 3.73. The van der Waals surface area contributed by atoms with Gasteiger partial charge in [-0.1, -0.05) is 19.0 Å². The van der Waals surface area contributed by atoms with Crippen LogP contribution in [0.4, 0.5) is 5.13 Å². The Morgan fingerprint density at radius 3 is 2.69 bits per heavy atom. The number of nitrogen functional groups attached to an aromatic ring is 1. The summed E-state index contributed by atoms with van der Waals surface area (Å²) in [5, 5.41) is 6.41. The first-order chi connectivity index (χ1) is 7.65. The predicted molar refractivity (Wildman–Crippen MR) is 66.0 cm³/mol. The second-order valence-corrected chi connectivity index (χ2v) is 4.64. The molecule has 0 amide bonds. The van der Waals surface area contributed by atoms with E-state index in [-0.39, 0.29) is 0 Å². The molecule has 2 aromatic heterocycles. The normalized spacial score (nSPS) is 11.7. The van der Waals surface area contributed by atoms with E-state index in [0.717, 1.165) is 17.1 Å². The molecule has 0 aromatic carbocycles. The lowest BCUT2D eigenvalue weighted by molar-refractivity contribution is 0.370. The lowest BCUT2D eigenvalue weighted by Gasteiger charge is -1.93. The van der Waals surface area contributed by atoms with Crippen molar-refractivity contribution in [3.63, 3.8) is 0 Å². The summed E-state index contributed by atoms with van der Waals surface area (Å²) in [4.78, 5) is 4.12. The van der Waals surface area contributed by atoms with Crippen LogP contribution < -0.4 is 5.73 Å². The van der Waals surface area contributed by atoms with E-state index in [9.17, 15) is 0 Å². The molecule has 5 heteroatoms. The second-order valence-electron chi connectivity index (χ2n) is 3.75. The smallest absolute Gasteiger partial charge is 0.180 e. The minimum atomic E-state index is 0.351. The van der Waals surface area contributed by atoms with E-state index in [1.807, 2.05) is 23.6 Å². The van der Waals surface area contributed by atoms with Gasteiger partial charge in [-0.15, -0.1) is 11.3 Å². The summed E-state index contributed by atoms with van der Waals surface area (Å²) in [6.45, 7) is 4.13. The molecule has 16 heavy (non-hydrogen) atoms. The third-order valence-electron chi connectivity index (χ3n) is 2.08. The monoisotopic (exact) mass is 235 g/mol. The summed E-state index contributed by atoms with van der Waals surface area (Å²) in [7, 11) is 0. The van der Waals surface area contributed by atoms with Crippen LogP contribution in [0.2, 0.25) is 0 Å². The molecule has 4 nitrogen and oxygen atoms in total. The molecule has 2 rings (SSSR count). The van der Waals surface area contributed by atoms with Gasteiger partial charge in [0, 0.05) is 17.4 Å². The van der Waals surface area contributed by atoms with Crippen molar-refractivity contribution in [3.8, 4) is 0 Å². The highest BCUT2D eigenvalue weighted by molar-refractivity contribution is 7.13. The predicted octanol–water partition coefficient (Wildman–Crippen LogP) is 3.01. The van der Waals surface area contributed by atoms with Gasteiger partial charge in [0.1, 0.15) is 11.5 Å². The summed E-state index contributed by atoms with van der Waals surface area (Å²) in [5.74, 6) is 1.24. The largest absolute Gasteiger partial charge is 0.375 e. The van der Waals surface area contributed by atoms with Gasteiger partial charge in [-0.25, -0.2) is 4.98 Å². The molecule has 84 valence electrons. The Labute approximate surface area is 97.8 Å². The van der Waals surface area contributed by atoms with E-state index in [2.05, 4.69) is 24.0 Å². The van der Waals surface area contributed by atoms with Gasteiger partial charge in [-0.2, -0.15) is 0 Å². The van der Waals surface area contributed by atoms with Crippen molar-refractivity contribution in [1.29, 1.82) is 0 Å². The molecule has 0 spiro atoms. The van der Waals surface area contributed by atoms with Crippen LogP contribution in [0, 0.1) is 0 Å². The number of rotatable bonds is 3. The average Bonchev–Trinajstić information content (AvgIpc) is 2.83. The zero-order valence-electron chi connectivity index (χ0n) is 9.18. The molecule has 0 fully saturated rings. The van der Waals surface area contributed by atoms with Crippen LogP contribution in [0.1, 0.15) is 36.9 Å². The number of anilines is 1.